The second-order valence-electron chi connectivity index (χ2n) is 6.70. The van der Waals surface area contributed by atoms with Crippen molar-refractivity contribution >= 4 is 27.7 Å². The van der Waals surface area contributed by atoms with Gasteiger partial charge in [-0.2, -0.15) is 0 Å². The Bertz CT molecular complexity index is 834. The molecule has 0 aromatic heterocycles. The van der Waals surface area contributed by atoms with Crippen LogP contribution in [0.4, 0.5) is 0 Å². The van der Waals surface area contributed by atoms with Crippen molar-refractivity contribution in [3.8, 4) is 0 Å². The first-order valence-electron chi connectivity index (χ1n) is 8.95. The molecular formula is C19H24O9S. The van der Waals surface area contributed by atoms with Crippen LogP contribution in [0.2, 0.25) is 0 Å². The highest BCUT2D eigenvalue weighted by atomic mass is 32.2. The summed E-state index contributed by atoms with van der Waals surface area (Å²) in [7, 11) is -3.66. The first kappa shape index (κ1) is 22.8. The van der Waals surface area contributed by atoms with E-state index in [0.717, 1.165) is 13.8 Å². The molecule has 0 unspecified atom stereocenters. The zero-order valence-corrected chi connectivity index (χ0v) is 17.2. The maximum absolute atomic E-state index is 12.7. The van der Waals surface area contributed by atoms with E-state index in [9.17, 15) is 22.8 Å². The number of rotatable bonds is 8. The molecule has 29 heavy (non-hydrogen) atoms. The average Bonchev–Trinajstić information content (AvgIpc) is 2.88. The number of hydrogen-bond donors (Lipinski definition) is 0. The van der Waals surface area contributed by atoms with E-state index in [0.29, 0.717) is 5.56 Å². The van der Waals surface area contributed by atoms with Crippen LogP contribution >= 0.6 is 0 Å². The number of benzene rings is 1. The van der Waals surface area contributed by atoms with Crippen LogP contribution in [0.25, 0.3) is 0 Å². The lowest BCUT2D eigenvalue weighted by atomic mass is 10.1. The molecule has 0 spiro atoms. The lowest BCUT2D eigenvalue weighted by molar-refractivity contribution is -0.165. The van der Waals surface area contributed by atoms with Crippen molar-refractivity contribution in [2.45, 2.75) is 50.9 Å². The molecule has 2 rings (SSSR count). The molecule has 0 radical (unpaired) electrons. The van der Waals surface area contributed by atoms with Gasteiger partial charge in [0.2, 0.25) is 0 Å². The summed E-state index contributed by atoms with van der Waals surface area (Å²) in [6.07, 6.45) is -4.31. The zero-order chi connectivity index (χ0) is 21.6. The number of carbonyl (C=O) groups is 3. The second-order valence-corrected chi connectivity index (χ2v) is 8.81. The smallest absolute Gasteiger partial charge is 0.303 e. The topological polar surface area (TPSA) is 122 Å². The number of ether oxygens (including phenoxy) is 4. The van der Waals surface area contributed by atoms with Gasteiger partial charge in [-0.15, -0.1) is 0 Å². The highest BCUT2D eigenvalue weighted by Gasteiger charge is 2.50. The molecule has 1 aliphatic rings. The summed E-state index contributed by atoms with van der Waals surface area (Å²) in [5.74, 6) is -2.63. The Morgan fingerprint density at radius 3 is 1.97 bits per heavy atom. The minimum Gasteiger partial charge on any atom is -0.463 e. The quantitative estimate of drug-likeness (QED) is 0.437. The van der Waals surface area contributed by atoms with Gasteiger partial charge in [0.1, 0.15) is 18.8 Å². The molecule has 4 atom stereocenters. The van der Waals surface area contributed by atoms with Gasteiger partial charge in [-0.05, 0) is 5.56 Å². The molecule has 1 aromatic carbocycles. The Kier molecular flexibility index (Phi) is 7.74. The van der Waals surface area contributed by atoms with Crippen molar-refractivity contribution in [3.05, 3.63) is 35.9 Å². The van der Waals surface area contributed by atoms with E-state index in [1.807, 2.05) is 0 Å². The second kappa shape index (κ2) is 9.84. The Morgan fingerprint density at radius 1 is 0.897 bits per heavy atom. The summed E-state index contributed by atoms with van der Waals surface area (Å²) in [6, 6.07) is 8.59. The minimum absolute atomic E-state index is 0.229. The van der Waals surface area contributed by atoms with Gasteiger partial charge in [-0.1, -0.05) is 30.3 Å². The molecule has 1 saturated heterocycles. The van der Waals surface area contributed by atoms with E-state index in [2.05, 4.69) is 0 Å². The van der Waals surface area contributed by atoms with Crippen LogP contribution in [0.15, 0.2) is 30.3 Å². The predicted octanol–water partition coefficient (Wildman–Crippen LogP) is 0.795. The van der Waals surface area contributed by atoms with Gasteiger partial charge in [0.05, 0.1) is 11.5 Å². The predicted molar refractivity (Wildman–Crippen MR) is 100 cm³/mol. The Morgan fingerprint density at radius 2 is 1.45 bits per heavy atom. The van der Waals surface area contributed by atoms with Gasteiger partial charge in [0, 0.05) is 20.8 Å². The monoisotopic (exact) mass is 428 g/mol. The molecule has 0 saturated carbocycles. The van der Waals surface area contributed by atoms with Crippen LogP contribution in [0.5, 0.6) is 0 Å². The molecule has 1 fully saturated rings. The molecule has 9 nitrogen and oxygen atoms in total. The summed E-state index contributed by atoms with van der Waals surface area (Å²) in [4.78, 5) is 34.2. The van der Waals surface area contributed by atoms with Crippen molar-refractivity contribution in [2.75, 3.05) is 12.4 Å². The van der Waals surface area contributed by atoms with E-state index in [4.69, 9.17) is 18.9 Å². The SMILES string of the molecule is CC(=O)OC[C@H]1O[C@H](CS(=O)(=O)Cc2ccccc2)[C@@H](OC(C)=O)[C@@H]1OC(C)=O. The van der Waals surface area contributed by atoms with E-state index >= 15 is 0 Å². The van der Waals surface area contributed by atoms with Gasteiger partial charge in [-0.3, -0.25) is 14.4 Å². The Balaban J connectivity index is 2.22. The van der Waals surface area contributed by atoms with Gasteiger partial charge in [-0.25, -0.2) is 8.42 Å². The van der Waals surface area contributed by atoms with Crippen molar-refractivity contribution in [1.82, 2.24) is 0 Å². The van der Waals surface area contributed by atoms with E-state index in [1.165, 1.54) is 6.92 Å². The van der Waals surface area contributed by atoms with Gasteiger partial charge in [0.15, 0.2) is 22.0 Å². The summed E-state index contributed by atoms with van der Waals surface area (Å²) >= 11 is 0. The van der Waals surface area contributed by atoms with Crippen LogP contribution in [0.1, 0.15) is 26.3 Å². The fourth-order valence-corrected chi connectivity index (χ4v) is 4.66. The third-order valence-corrected chi connectivity index (χ3v) is 5.72. The molecule has 1 aromatic rings. The van der Waals surface area contributed by atoms with Crippen LogP contribution in [0.3, 0.4) is 0 Å². The fourth-order valence-electron chi connectivity index (χ4n) is 3.08. The Hall–Kier alpha value is -2.46. The van der Waals surface area contributed by atoms with E-state index in [-0.39, 0.29) is 12.4 Å². The summed E-state index contributed by atoms with van der Waals surface area (Å²) in [5, 5.41) is 0. The normalized spacial score (nSPS) is 24.0. The maximum atomic E-state index is 12.7. The van der Waals surface area contributed by atoms with E-state index in [1.54, 1.807) is 30.3 Å². The molecule has 0 aliphatic carbocycles. The highest BCUT2D eigenvalue weighted by molar-refractivity contribution is 7.90. The third kappa shape index (κ3) is 7.13. The molecule has 0 bridgehead atoms. The highest BCUT2D eigenvalue weighted by Crippen LogP contribution is 2.29. The number of esters is 3. The molecule has 1 heterocycles. The van der Waals surface area contributed by atoms with Crippen LogP contribution < -0.4 is 0 Å². The van der Waals surface area contributed by atoms with Crippen LogP contribution in [0, 0.1) is 0 Å². The number of hydrogen-bond acceptors (Lipinski definition) is 9. The largest absolute Gasteiger partial charge is 0.463 e. The molecule has 10 heteroatoms. The summed E-state index contributed by atoms with van der Waals surface area (Å²) in [5.41, 5.74) is 0.600. The van der Waals surface area contributed by atoms with Crippen LogP contribution in [-0.4, -0.2) is 63.1 Å². The lowest BCUT2D eigenvalue weighted by Gasteiger charge is -2.23. The van der Waals surface area contributed by atoms with Crippen LogP contribution in [-0.2, 0) is 48.9 Å². The van der Waals surface area contributed by atoms with Gasteiger partial charge >= 0.3 is 17.9 Å². The Labute approximate surface area is 169 Å². The van der Waals surface area contributed by atoms with Crippen molar-refractivity contribution in [1.29, 1.82) is 0 Å². The molecule has 1 aliphatic heterocycles. The van der Waals surface area contributed by atoms with Crippen molar-refractivity contribution < 1.29 is 41.7 Å². The average molecular weight is 428 g/mol. The van der Waals surface area contributed by atoms with Crippen molar-refractivity contribution in [3.63, 3.8) is 0 Å². The van der Waals surface area contributed by atoms with E-state index < -0.39 is 57.9 Å². The van der Waals surface area contributed by atoms with Gasteiger partial charge in [0.25, 0.3) is 0 Å². The number of carbonyl (C=O) groups excluding carboxylic acids is 3. The lowest BCUT2D eigenvalue weighted by Crippen LogP contribution is -2.42. The third-order valence-electron chi connectivity index (χ3n) is 4.11. The first-order chi connectivity index (χ1) is 13.6. The molecular weight excluding hydrogens is 404 g/mol. The molecule has 0 amide bonds. The van der Waals surface area contributed by atoms with Crippen molar-refractivity contribution in [2.24, 2.45) is 0 Å². The van der Waals surface area contributed by atoms with Gasteiger partial charge < -0.3 is 18.9 Å². The fraction of sp³-hybridized carbons (Fsp3) is 0.526. The molecule has 0 N–H and O–H groups in total. The zero-order valence-electron chi connectivity index (χ0n) is 16.4. The minimum atomic E-state index is -3.66. The first-order valence-corrected chi connectivity index (χ1v) is 10.8. The molecule has 160 valence electrons. The number of sulfone groups is 1. The standard InChI is InChI=1S/C19H24O9S/c1-12(20)25-9-16-18(26-13(2)21)19(27-14(3)22)17(28-16)11-29(23,24)10-15-7-5-4-6-8-15/h4-8,16-19H,9-11H2,1-3H3/t16-,17-,18-,19-/m1/s1. The summed E-state index contributed by atoms with van der Waals surface area (Å²) in [6.45, 7) is 3.23. The maximum Gasteiger partial charge on any atom is 0.303 e. The summed E-state index contributed by atoms with van der Waals surface area (Å²) < 4.78 is 46.4.